The summed E-state index contributed by atoms with van der Waals surface area (Å²) in [6.07, 6.45) is 0. The van der Waals surface area contributed by atoms with Gasteiger partial charge in [0.25, 0.3) is 5.95 Å². The fourth-order valence-electron chi connectivity index (χ4n) is 2.54. The van der Waals surface area contributed by atoms with Crippen molar-refractivity contribution >= 4 is 35.3 Å². The van der Waals surface area contributed by atoms with Gasteiger partial charge in [0.1, 0.15) is 5.03 Å². The van der Waals surface area contributed by atoms with Gasteiger partial charge in [-0.05, 0) is 36.4 Å². The van der Waals surface area contributed by atoms with Crippen LogP contribution < -0.4 is 0 Å². The van der Waals surface area contributed by atoms with E-state index in [1.54, 1.807) is 0 Å². The van der Waals surface area contributed by atoms with Gasteiger partial charge >= 0.3 is 0 Å². The third-order valence-corrected chi connectivity index (χ3v) is 7.32. The molecule has 0 unspecified atom stereocenters. The van der Waals surface area contributed by atoms with Crippen LogP contribution in [-0.2, 0) is 0 Å². The van der Waals surface area contributed by atoms with Crippen LogP contribution in [0.25, 0.3) is 0 Å². The normalized spacial score (nSPS) is 10.8. The third kappa shape index (κ3) is 5.01. The zero-order chi connectivity index (χ0) is 20.1. The molecule has 0 N–H and O–H groups in total. The first-order valence-electron chi connectivity index (χ1n) is 8.78. The molecule has 0 aliphatic heterocycles. The minimum absolute atomic E-state index is 0.246. The molecule has 0 saturated carbocycles. The molecule has 0 saturated heterocycles. The van der Waals surface area contributed by atoms with Gasteiger partial charge in [-0.3, -0.25) is 0 Å². The van der Waals surface area contributed by atoms with Gasteiger partial charge in [-0.1, -0.05) is 89.9 Å². The Hall–Kier alpha value is -2.28. The van der Waals surface area contributed by atoms with Gasteiger partial charge in [-0.25, -0.2) is 9.37 Å². The Morgan fingerprint density at radius 3 is 1.41 bits per heavy atom. The lowest BCUT2D eigenvalue weighted by molar-refractivity contribution is 0.446. The zero-order valence-corrected chi connectivity index (χ0v) is 17.5. The number of aromatic nitrogens is 1. The summed E-state index contributed by atoms with van der Waals surface area (Å²) in [5, 5.41) is 0.447. The minimum Gasteiger partial charge on any atom is -0.209 e. The SMILES string of the molecule is Fc1nc(Sc2ccccc2)c(Sc2ccccc2)c(Sc2ccccc2)c1F. The molecule has 0 spiro atoms. The lowest BCUT2D eigenvalue weighted by atomic mass is 10.4. The van der Waals surface area contributed by atoms with Crippen molar-refractivity contribution in [2.24, 2.45) is 0 Å². The Balaban J connectivity index is 1.82. The summed E-state index contributed by atoms with van der Waals surface area (Å²) in [7, 11) is 0. The Morgan fingerprint density at radius 1 is 0.517 bits per heavy atom. The molecule has 0 atom stereocenters. The van der Waals surface area contributed by atoms with E-state index in [0.29, 0.717) is 9.92 Å². The molecular formula is C23H15F2NS3. The highest BCUT2D eigenvalue weighted by atomic mass is 32.2. The molecule has 3 aromatic carbocycles. The quantitative estimate of drug-likeness (QED) is 0.284. The number of nitrogens with zero attached hydrogens (tertiary/aromatic N) is 1. The molecule has 0 radical (unpaired) electrons. The van der Waals surface area contributed by atoms with E-state index in [1.165, 1.54) is 35.3 Å². The van der Waals surface area contributed by atoms with Gasteiger partial charge < -0.3 is 0 Å². The molecule has 29 heavy (non-hydrogen) atoms. The summed E-state index contributed by atoms with van der Waals surface area (Å²) in [6.45, 7) is 0. The maximum atomic E-state index is 14.9. The molecule has 0 fully saturated rings. The van der Waals surface area contributed by atoms with Crippen LogP contribution >= 0.6 is 35.3 Å². The summed E-state index contributed by atoms with van der Waals surface area (Å²) in [5.41, 5.74) is 0. The van der Waals surface area contributed by atoms with E-state index in [0.717, 1.165) is 14.7 Å². The van der Waals surface area contributed by atoms with Crippen LogP contribution in [0.15, 0.2) is 120 Å². The first-order chi connectivity index (χ1) is 14.2. The van der Waals surface area contributed by atoms with Crippen molar-refractivity contribution in [2.75, 3.05) is 0 Å². The summed E-state index contributed by atoms with van der Waals surface area (Å²) in [4.78, 5) is 7.49. The molecule has 4 rings (SSSR count). The van der Waals surface area contributed by atoms with Gasteiger partial charge in [-0.2, -0.15) is 4.39 Å². The Morgan fingerprint density at radius 2 is 0.931 bits per heavy atom. The number of benzene rings is 3. The van der Waals surface area contributed by atoms with Crippen LogP contribution in [0.5, 0.6) is 0 Å². The van der Waals surface area contributed by atoms with Crippen LogP contribution in [0.3, 0.4) is 0 Å². The maximum absolute atomic E-state index is 14.9. The van der Waals surface area contributed by atoms with E-state index in [-0.39, 0.29) is 4.90 Å². The summed E-state index contributed by atoms with van der Waals surface area (Å²) in [5.74, 6) is -2.01. The monoisotopic (exact) mass is 439 g/mol. The second kappa shape index (κ2) is 9.48. The lowest BCUT2D eigenvalue weighted by Gasteiger charge is -2.15. The molecule has 6 heteroatoms. The lowest BCUT2D eigenvalue weighted by Crippen LogP contribution is -1.99. The zero-order valence-electron chi connectivity index (χ0n) is 15.1. The molecule has 1 nitrogen and oxygen atoms in total. The van der Waals surface area contributed by atoms with E-state index in [1.807, 2.05) is 91.0 Å². The standard InChI is InChI=1S/C23H15F2NS3/c24-19-20(27-16-10-4-1-5-11-16)21(28-17-12-6-2-7-13-17)23(26-22(19)25)29-18-14-8-3-9-15-18/h1-15H. The largest absolute Gasteiger partial charge is 0.251 e. The molecule has 4 aromatic rings. The van der Waals surface area contributed by atoms with E-state index >= 15 is 0 Å². The number of hydrogen-bond acceptors (Lipinski definition) is 4. The first-order valence-corrected chi connectivity index (χ1v) is 11.2. The second-order valence-electron chi connectivity index (χ2n) is 5.93. The number of rotatable bonds is 6. The topological polar surface area (TPSA) is 12.9 Å². The molecule has 0 bridgehead atoms. The van der Waals surface area contributed by atoms with E-state index in [4.69, 9.17) is 0 Å². The molecule has 0 aliphatic rings. The van der Waals surface area contributed by atoms with Crippen molar-refractivity contribution in [2.45, 2.75) is 29.5 Å². The van der Waals surface area contributed by atoms with Crippen LogP contribution in [0, 0.1) is 11.8 Å². The molecule has 1 heterocycles. The predicted octanol–water partition coefficient (Wildman–Crippen LogP) is 7.81. The molecule has 144 valence electrons. The van der Waals surface area contributed by atoms with E-state index in [9.17, 15) is 8.78 Å². The fraction of sp³-hybridized carbons (Fsp3) is 0. The maximum Gasteiger partial charge on any atom is 0.251 e. The minimum atomic E-state index is -1.08. The predicted molar refractivity (Wildman–Crippen MR) is 116 cm³/mol. The number of pyridine rings is 1. The van der Waals surface area contributed by atoms with Gasteiger partial charge in [-0.15, -0.1) is 0 Å². The number of halogens is 2. The highest BCUT2D eigenvalue weighted by molar-refractivity contribution is 8.04. The van der Waals surface area contributed by atoms with E-state index < -0.39 is 11.8 Å². The summed E-state index contributed by atoms with van der Waals surface area (Å²) < 4.78 is 29.3. The van der Waals surface area contributed by atoms with Crippen LogP contribution in [0.2, 0.25) is 0 Å². The summed E-state index contributed by atoms with van der Waals surface area (Å²) >= 11 is 3.93. The van der Waals surface area contributed by atoms with Crippen molar-refractivity contribution in [3.05, 3.63) is 103 Å². The van der Waals surface area contributed by atoms with Crippen molar-refractivity contribution in [3.8, 4) is 0 Å². The van der Waals surface area contributed by atoms with Crippen LogP contribution in [-0.4, -0.2) is 4.98 Å². The van der Waals surface area contributed by atoms with Crippen molar-refractivity contribution in [1.82, 2.24) is 4.98 Å². The average molecular weight is 440 g/mol. The summed E-state index contributed by atoms with van der Waals surface area (Å²) in [6, 6.07) is 28.6. The van der Waals surface area contributed by atoms with Crippen LogP contribution in [0.4, 0.5) is 8.78 Å². The molecule has 0 amide bonds. The molecule has 1 aromatic heterocycles. The van der Waals surface area contributed by atoms with Gasteiger partial charge in [0, 0.05) is 14.7 Å². The third-order valence-electron chi connectivity index (χ3n) is 3.86. The van der Waals surface area contributed by atoms with Crippen molar-refractivity contribution in [1.29, 1.82) is 0 Å². The van der Waals surface area contributed by atoms with Gasteiger partial charge in [0.2, 0.25) is 0 Å². The highest BCUT2D eigenvalue weighted by Gasteiger charge is 2.23. The smallest absolute Gasteiger partial charge is 0.209 e. The average Bonchev–Trinajstić information content (AvgIpc) is 2.76. The van der Waals surface area contributed by atoms with Crippen molar-refractivity contribution in [3.63, 3.8) is 0 Å². The van der Waals surface area contributed by atoms with E-state index in [2.05, 4.69) is 4.98 Å². The Bertz CT molecular complexity index is 1090. The van der Waals surface area contributed by atoms with Crippen LogP contribution in [0.1, 0.15) is 0 Å². The highest BCUT2D eigenvalue weighted by Crippen LogP contribution is 2.46. The number of hydrogen-bond donors (Lipinski definition) is 0. The second-order valence-corrected chi connectivity index (χ2v) is 9.16. The van der Waals surface area contributed by atoms with Gasteiger partial charge in [0.05, 0.1) is 9.79 Å². The molecular weight excluding hydrogens is 424 g/mol. The molecule has 0 aliphatic carbocycles. The Labute approximate surface area is 181 Å². The Kier molecular flexibility index (Phi) is 6.54. The fourth-order valence-corrected chi connectivity index (χ4v) is 5.68. The first kappa shape index (κ1) is 20.0. The van der Waals surface area contributed by atoms with Crippen molar-refractivity contribution < 1.29 is 8.78 Å². The van der Waals surface area contributed by atoms with Gasteiger partial charge in [0.15, 0.2) is 5.82 Å².